The van der Waals surface area contributed by atoms with Crippen LogP contribution in [0.3, 0.4) is 0 Å². The fraction of sp³-hybridized carbons (Fsp3) is 1.00. The van der Waals surface area contributed by atoms with Crippen LogP contribution in [0, 0.1) is 0 Å². The van der Waals surface area contributed by atoms with Gasteiger partial charge in [-0.1, -0.05) is 39.0 Å². The van der Waals surface area contributed by atoms with Crippen molar-refractivity contribution in [2.75, 3.05) is 0 Å². The third-order valence-electron chi connectivity index (χ3n) is 4.21. The monoisotopic (exact) mass is 300 g/mol. The van der Waals surface area contributed by atoms with E-state index in [-0.39, 0.29) is 29.6 Å². The second-order valence-electron chi connectivity index (χ2n) is 6.30. The Balaban J connectivity index is 0. The third kappa shape index (κ3) is 22.3. The molecule has 0 aromatic carbocycles. The molecule has 112 valence electrons. The Morgan fingerprint density at radius 3 is 0.950 bits per heavy atom. The molecule has 0 saturated carbocycles. The van der Waals surface area contributed by atoms with Crippen molar-refractivity contribution in [3.63, 3.8) is 0 Å². The SMILES string of the molecule is CCCCCCCCCCCCCCCCC[CH2][Na].[NaH]. The van der Waals surface area contributed by atoms with Crippen molar-refractivity contribution >= 4 is 57.5 Å². The van der Waals surface area contributed by atoms with Crippen LogP contribution in [-0.2, 0) is 0 Å². The fourth-order valence-corrected chi connectivity index (χ4v) is 3.30. The number of hydrogen-bond acceptors (Lipinski definition) is 0. The van der Waals surface area contributed by atoms with Gasteiger partial charge in [-0.2, -0.15) is 0 Å². The van der Waals surface area contributed by atoms with E-state index >= 15 is 0 Å². The molecule has 0 aromatic heterocycles. The molecule has 0 atom stereocenters. The Bertz CT molecular complexity index is 132. The van der Waals surface area contributed by atoms with Crippen LogP contribution in [-0.4, -0.2) is 57.5 Å². The van der Waals surface area contributed by atoms with E-state index in [4.69, 9.17) is 0 Å². The zero-order valence-corrected chi connectivity index (χ0v) is 16.0. The fourth-order valence-electron chi connectivity index (χ4n) is 2.80. The topological polar surface area (TPSA) is 0 Å². The van der Waals surface area contributed by atoms with E-state index in [9.17, 15) is 0 Å². The zero-order valence-electron chi connectivity index (χ0n) is 14.0. The average Bonchev–Trinajstić information content (AvgIpc) is 2.43. The molecule has 0 nitrogen and oxygen atoms in total. The summed E-state index contributed by atoms with van der Waals surface area (Å²) in [7, 11) is 0. The van der Waals surface area contributed by atoms with Crippen LogP contribution >= 0.6 is 0 Å². The Morgan fingerprint density at radius 2 is 0.700 bits per heavy atom. The van der Waals surface area contributed by atoms with Gasteiger partial charge in [0.1, 0.15) is 0 Å². The molecule has 0 spiro atoms. The Labute approximate surface area is 169 Å². The third-order valence-corrected chi connectivity index (χ3v) is 4.91. The van der Waals surface area contributed by atoms with Gasteiger partial charge in [-0.3, -0.25) is 0 Å². The van der Waals surface area contributed by atoms with Crippen molar-refractivity contribution in [2.45, 2.75) is 113 Å². The van der Waals surface area contributed by atoms with Gasteiger partial charge in [0.2, 0.25) is 0 Å². The molecule has 0 bridgehead atoms. The molecule has 0 aliphatic rings. The van der Waals surface area contributed by atoms with E-state index in [1.165, 1.54) is 134 Å². The maximum absolute atomic E-state index is 2.30. The normalized spacial score (nSPS) is 10.6. The number of hydrogen-bond donors (Lipinski definition) is 0. The summed E-state index contributed by atoms with van der Waals surface area (Å²) in [5.74, 6) is 0. The summed E-state index contributed by atoms with van der Waals surface area (Å²) in [5.41, 5.74) is 0. The van der Waals surface area contributed by atoms with E-state index in [1.807, 2.05) is 0 Å². The van der Waals surface area contributed by atoms with Gasteiger partial charge in [0.05, 0.1) is 0 Å². The van der Waals surface area contributed by atoms with Crippen LogP contribution in [0.1, 0.15) is 110 Å². The van der Waals surface area contributed by atoms with Gasteiger partial charge < -0.3 is 0 Å². The Kier molecular flexibility index (Phi) is 28.2. The minimum atomic E-state index is 0. The second kappa shape index (κ2) is 23.3. The van der Waals surface area contributed by atoms with Gasteiger partial charge in [-0.25, -0.2) is 0 Å². The molecule has 0 rings (SSSR count). The Hall–Kier alpha value is 2.00. The summed E-state index contributed by atoms with van der Waals surface area (Å²) in [4.78, 5) is 0. The molecule has 0 unspecified atom stereocenters. The van der Waals surface area contributed by atoms with E-state index < -0.39 is 0 Å². The van der Waals surface area contributed by atoms with Gasteiger partial charge in [-0.05, 0) is 0 Å². The molecule has 0 heterocycles. The minimum absolute atomic E-state index is 0. The van der Waals surface area contributed by atoms with Gasteiger partial charge >= 0.3 is 132 Å². The van der Waals surface area contributed by atoms with Gasteiger partial charge in [0.25, 0.3) is 0 Å². The van der Waals surface area contributed by atoms with Crippen LogP contribution in [0.25, 0.3) is 0 Å². The first kappa shape index (κ1) is 24.3. The van der Waals surface area contributed by atoms with E-state index in [0.717, 1.165) is 0 Å². The Morgan fingerprint density at radius 1 is 0.450 bits per heavy atom. The summed E-state index contributed by atoms with van der Waals surface area (Å²) < 4.78 is 1.51. The van der Waals surface area contributed by atoms with Crippen molar-refractivity contribution in [3.05, 3.63) is 0 Å². The van der Waals surface area contributed by atoms with Crippen LogP contribution in [0.5, 0.6) is 0 Å². The molecule has 2 heteroatoms. The van der Waals surface area contributed by atoms with Crippen molar-refractivity contribution < 1.29 is 0 Å². The summed E-state index contributed by atoms with van der Waals surface area (Å²) in [6.07, 6.45) is 23.7. The molecule has 0 aromatic rings. The van der Waals surface area contributed by atoms with Crippen LogP contribution < -0.4 is 0 Å². The first-order valence-corrected chi connectivity index (χ1v) is 10.8. The van der Waals surface area contributed by atoms with Gasteiger partial charge in [0.15, 0.2) is 0 Å². The van der Waals surface area contributed by atoms with Crippen LogP contribution in [0.15, 0.2) is 0 Å². The maximum atomic E-state index is 2.30. The van der Waals surface area contributed by atoms with Gasteiger partial charge in [0, 0.05) is 0 Å². The molecule has 0 aliphatic carbocycles. The molecular weight excluding hydrogens is 262 g/mol. The van der Waals surface area contributed by atoms with Crippen molar-refractivity contribution in [2.24, 2.45) is 0 Å². The molecule has 20 heavy (non-hydrogen) atoms. The van der Waals surface area contributed by atoms with Crippen LogP contribution in [0.4, 0.5) is 0 Å². The van der Waals surface area contributed by atoms with Crippen LogP contribution in [0.2, 0.25) is 3.67 Å². The molecule has 0 N–H and O–H groups in total. The molecule has 0 fully saturated rings. The van der Waals surface area contributed by atoms with Crippen molar-refractivity contribution in [3.8, 4) is 0 Å². The summed E-state index contributed by atoms with van der Waals surface area (Å²) in [6, 6.07) is 0. The summed E-state index contributed by atoms with van der Waals surface area (Å²) in [5, 5.41) is 0. The molecule has 0 aliphatic heterocycles. The average molecular weight is 300 g/mol. The zero-order chi connectivity index (χ0) is 14.0. The first-order valence-electron chi connectivity index (χ1n) is 9.41. The number of rotatable bonds is 16. The second-order valence-corrected chi connectivity index (χ2v) is 7.30. The quantitative estimate of drug-likeness (QED) is 0.236. The summed E-state index contributed by atoms with van der Waals surface area (Å²) in [6.45, 7) is 2.30. The predicted octanol–water partition coefficient (Wildman–Crippen LogP) is 6.19. The molecule has 0 radical (unpaired) electrons. The first-order chi connectivity index (χ1) is 9.41. The number of unbranched alkanes of at least 4 members (excludes halogenated alkanes) is 15. The van der Waals surface area contributed by atoms with Crippen molar-refractivity contribution in [1.29, 1.82) is 0 Å². The van der Waals surface area contributed by atoms with E-state index in [0.29, 0.717) is 0 Å². The van der Waals surface area contributed by atoms with E-state index in [2.05, 4.69) is 6.92 Å². The molecular formula is C18H38Na2. The predicted molar refractivity (Wildman–Crippen MR) is 97.3 cm³/mol. The molecule has 0 saturated heterocycles. The van der Waals surface area contributed by atoms with E-state index in [1.54, 1.807) is 0 Å². The summed E-state index contributed by atoms with van der Waals surface area (Å²) >= 11 is 1.41. The standard InChI is InChI=1S/C18H37.2Na.H/c1-3-5-7-9-11-13-15-17-18-16-14-12-10-8-6-4-2;;;/h1,3-18H2,2H3;;;. The molecule has 0 amide bonds. The van der Waals surface area contributed by atoms with Gasteiger partial charge in [-0.15, -0.1) is 0 Å². The van der Waals surface area contributed by atoms with Crippen molar-refractivity contribution in [1.82, 2.24) is 0 Å².